The molecule has 2 aliphatic heterocycles. The molecule has 51 heavy (non-hydrogen) atoms. The van der Waals surface area contributed by atoms with Gasteiger partial charge in [0.2, 0.25) is 29.5 Å². The van der Waals surface area contributed by atoms with Gasteiger partial charge in [0.1, 0.15) is 18.1 Å². The van der Waals surface area contributed by atoms with Crippen LogP contribution in [0.5, 0.6) is 0 Å². The Morgan fingerprint density at radius 1 is 0.627 bits per heavy atom. The summed E-state index contributed by atoms with van der Waals surface area (Å²) in [5.74, 6) is -4.33. The number of carboxylic acids is 1. The van der Waals surface area contributed by atoms with Crippen LogP contribution in [-0.2, 0) is 48.0 Å². The maximum absolute atomic E-state index is 14.1. The highest BCUT2D eigenvalue weighted by molar-refractivity contribution is 7.09. The molecular formula is C38H39N5O7S. The standard InChI is InChI=1S/C38H39N5O7S/c44-32-19-20-33(45)40-31(23-28-12-7-21-51-28)36(47)41-29(18-13-24-8-3-1-4-9-24)35(46)42-30(22-25-10-5-2-6-11-25)37(48)43-34(38(49)50)26-14-16-27(39-32)17-15-26/h1-12,14-17,21,29-31,34H,13,18-20,22-23H2,(H,39,44)(H,40,45)(H,41,47)(H,42,46)(H,43,48)(H,49,50)/t29-,30+,31+,34?/m0/s1. The fraction of sp³-hybridized carbons (Fsp3) is 0.263. The average molecular weight is 710 g/mol. The van der Waals surface area contributed by atoms with Gasteiger partial charge in [-0.25, -0.2) is 4.79 Å². The Bertz CT molecular complexity index is 1820. The number of hydrogen-bond donors (Lipinski definition) is 6. The fourth-order valence-corrected chi connectivity index (χ4v) is 6.43. The van der Waals surface area contributed by atoms with Crippen molar-refractivity contribution in [2.24, 2.45) is 0 Å². The summed E-state index contributed by atoms with van der Waals surface area (Å²) >= 11 is 1.41. The normalized spacial score (nSPS) is 20.7. The number of amides is 5. The Kier molecular flexibility index (Phi) is 12.7. The Balaban J connectivity index is 1.49. The molecule has 1 unspecified atom stereocenters. The molecule has 3 heterocycles. The molecule has 264 valence electrons. The second-order valence-corrected chi connectivity index (χ2v) is 13.2. The average Bonchev–Trinajstić information content (AvgIpc) is 3.65. The van der Waals surface area contributed by atoms with Crippen LogP contribution in [0.25, 0.3) is 0 Å². The first kappa shape index (κ1) is 36.5. The van der Waals surface area contributed by atoms with Gasteiger partial charge in [-0.15, -0.1) is 11.3 Å². The minimum Gasteiger partial charge on any atom is -0.479 e. The van der Waals surface area contributed by atoms with E-state index in [2.05, 4.69) is 26.6 Å². The van der Waals surface area contributed by atoms with Gasteiger partial charge in [-0.1, -0.05) is 78.9 Å². The van der Waals surface area contributed by atoms with Crippen molar-refractivity contribution in [3.8, 4) is 0 Å². The first-order chi connectivity index (χ1) is 24.6. The lowest BCUT2D eigenvalue weighted by molar-refractivity contribution is -0.142. The van der Waals surface area contributed by atoms with Crippen LogP contribution < -0.4 is 26.6 Å². The molecule has 0 radical (unpaired) electrons. The van der Waals surface area contributed by atoms with Crippen molar-refractivity contribution in [3.05, 3.63) is 124 Å². The van der Waals surface area contributed by atoms with E-state index >= 15 is 0 Å². The highest BCUT2D eigenvalue weighted by Gasteiger charge is 2.32. The van der Waals surface area contributed by atoms with Crippen LogP contribution in [0.3, 0.4) is 0 Å². The van der Waals surface area contributed by atoms with Crippen LogP contribution in [0.1, 0.15) is 46.9 Å². The van der Waals surface area contributed by atoms with Crippen molar-refractivity contribution in [2.75, 3.05) is 5.32 Å². The smallest absolute Gasteiger partial charge is 0.330 e. The molecule has 0 saturated carbocycles. The summed E-state index contributed by atoms with van der Waals surface area (Å²) in [5.41, 5.74) is 2.22. The topological polar surface area (TPSA) is 183 Å². The highest BCUT2D eigenvalue weighted by Crippen LogP contribution is 2.19. The Labute approximate surface area is 299 Å². The van der Waals surface area contributed by atoms with E-state index < -0.39 is 59.7 Å². The lowest BCUT2D eigenvalue weighted by Gasteiger charge is -2.26. The van der Waals surface area contributed by atoms with Gasteiger partial charge < -0.3 is 31.7 Å². The van der Waals surface area contributed by atoms with E-state index in [1.165, 1.54) is 35.6 Å². The third-order valence-corrected chi connectivity index (χ3v) is 9.29. The molecule has 12 nitrogen and oxygen atoms in total. The number of benzene rings is 3. The van der Waals surface area contributed by atoms with Crippen LogP contribution in [0.2, 0.25) is 0 Å². The molecule has 6 rings (SSSR count). The molecule has 4 atom stereocenters. The van der Waals surface area contributed by atoms with Gasteiger partial charge in [-0.3, -0.25) is 24.0 Å². The summed E-state index contributed by atoms with van der Waals surface area (Å²) in [6.07, 6.45) is 0.362. The van der Waals surface area contributed by atoms with Crippen LogP contribution in [0.4, 0.5) is 5.69 Å². The van der Waals surface area contributed by atoms with E-state index in [4.69, 9.17) is 0 Å². The van der Waals surface area contributed by atoms with Crippen LogP contribution in [0, 0.1) is 0 Å². The summed E-state index contributed by atoms with van der Waals surface area (Å²) in [5, 5.41) is 25.5. The second kappa shape index (κ2) is 17.7. The monoisotopic (exact) mass is 709 g/mol. The predicted molar refractivity (Wildman–Crippen MR) is 192 cm³/mol. The SMILES string of the molecule is O=C1CCC(=O)N[C@H](Cc2cccs2)C(=O)N[C@@H](CCc2ccccc2)C(=O)N[C@H](Cc2ccccc2)C(=O)NC(C(=O)O)c2ccc(cc2)N1. The Morgan fingerprint density at radius 3 is 1.86 bits per heavy atom. The van der Waals surface area contributed by atoms with Crippen LogP contribution in [0.15, 0.2) is 102 Å². The van der Waals surface area contributed by atoms with Gasteiger partial charge in [-0.05, 0) is 53.1 Å². The largest absolute Gasteiger partial charge is 0.479 e. The van der Waals surface area contributed by atoms with Gasteiger partial charge >= 0.3 is 5.97 Å². The molecule has 3 aromatic carbocycles. The van der Waals surface area contributed by atoms with Crippen molar-refractivity contribution in [2.45, 2.75) is 62.7 Å². The number of carboxylic acid groups (broad SMARTS) is 1. The molecule has 0 spiro atoms. The quantitative estimate of drug-likeness (QED) is 0.152. The number of carbonyl (C=O) groups is 6. The number of carbonyl (C=O) groups excluding carboxylic acids is 5. The molecular weight excluding hydrogens is 671 g/mol. The molecule has 2 aliphatic rings. The molecule has 13 heteroatoms. The predicted octanol–water partition coefficient (Wildman–Crippen LogP) is 3.29. The van der Waals surface area contributed by atoms with Gasteiger partial charge in [-0.2, -0.15) is 0 Å². The fourth-order valence-electron chi connectivity index (χ4n) is 5.67. The highest BCUT2D eigenvalue weighted by atomic mass is 32.1. The molecule has 0 aliphatic carbocycles. The van der Waals surface area contributed by atoms with E-state index in [0.717, 1.165) is 10.4 Å². The molecule has 5 amide bonds. The van der Waals surface area contributed by atoms with Crippen LogP contribution >= 0.6 is 11.3 Å². The van der Waals surface area contributed by atoms with Gasteiger partial charge in [0, 0.05) is 36.2 Å². The molecule has 0 fully saturated rings. The van der Waals surface area contributed by atoms with E-state index in [1.54, 1.807) is 24.3 Å². The number of aliphatic carboxylic acids is 1. The van der Waals surface area contributed by atoms with E-state index in [1.807, 2.05) is 53.9 Å². The summed E-state index contributed by atoms with van der Waals surface area (Å²) < 4.78 is 0. The van der Waals surface area contributed by atoms with Gasteiger partial charge in [0.15, 0.2) is 6.04 Å². The third-order valence-electron chi connectivity index (χ3n) is 8.39. The number of aryl methyl sites for hydroxylation is 1. The lowest BCUT2D eigenvalue weighted by atomic mass is 10.0. The molecule has 0 saturated heterocycles. The number of anilines is 1. The molecule has 2 bridgehead atoms. The third kappa shape index (κ3) is 10.8. The number of fused-ring (bicyclic) bond motifs is 17. The minimum atomic E-state index is -1.47. The Morgan fingerprint density at radius 2 is 1.22 bits per heavy atom. The summed E-state index contributed by atoms with van der Waals surface area (Å²) in [6.45, 7) is 0. The maximum Gasteiger partial charge on any atom is 0.330 e. The summed E-state index contributed by atoms with van der Waals surface area (Å²) in [6, 6.07) is 23.0. The van der Waals surface area contributed by atoms with Gasteiger partial charge in [0.05, 0.1) is 0 Å². The van der Waals surface area contributed by atoms with Crippen molar-refractivity contribution >= 4 is 52.5 Å². The van der Waals surface area contributed by atoms with Gasteiger partial charge in [0.25, 0.3) is 0 Å². The summed E-state index contributed by atoms with van der Waals surface area (Å²) in [4.78, 5) is 80.8. The molecule has 1 aromatic heterocycles. The molecule has 4 aromatic rings. The lowest BCUT2D eigenvalue weighted by Crippen LogP contribution is -2.58. The second-order valence-electron chi connectivity index (χ2n) is 12.2. The minimum absolute atomic E-state index is 0.0339. The van der Waals surface area contributed by atoms with Crippen molar-refractivity contribution in [1.29, 1.82) is 0 Å². The first-order valence-corrected chi connectivity index (χ1v) is 17.5. The molecule has 6 N–H and O–H groups in total. The van der Waals surface area contributed by atoms with Crippen molar-refractivity contribution in [3.63, 3.8) is 0 Å². The number of nitrogens with one attached hydrogen (secondary N) is 5. The van der Waals surface area contributed by atoms with E-state index in [9.17, 15) is 33.9 Å². The Hall–Kier alpha value is -5.82. The first-order valence-electron chi connectivity index (χ1n) is 16.6. The zero-order chi connectivity index (χ0) is 36.2. The van der Waals surface area contributed by atoms with Crippen molar-refractivity contribution in [1.82, 2.24) is 21.3 Å². The maximum atomic E-state index is 14.1. The van der Waals surface area contributed by atoms with E-state index in [-0.39, 0.29) is 37.7 Å². The number of hydrogen-bond acceptors (Lipinski definition) is 7. The number of rotatable bonds is 8. The summed E-state index contributed by atoms with van der Waals surface area (Å²) in [7, 11) is 0. The zero-order valence-corrected chi connectivity index (χ0v) is 28.5. The van der Waals surface area contributed by atoms with E-state index in [0.29, 0.717) is 17.7 Å². The number of thiophene rings is 1. The van der Waals surface area contributed by atoms with Crippen molar-refractivity contribution < 1.29 is 33.9 Å². The van der Waals surface area contributed by atoms with Crippen LogP contribution in [-0.4, -0.2) is 58.7 Å². The zero-order valence-electron chi connectivity index (χ0n) is 27.7.